The predicted octanol–water partition coefficient (Wildman–Crippen LogP) is 3.19. The lowest BCUT2D eigenvalue weighted by Gasteiger charge is -2.22. The van der Waals surface area contributed by atoms with Gasteiger partial charge in [-0.1, -0.05) is 18.2 Å². The normalized spacial score (nSPS) is 13.4. The van der Waals surface area contributed by atoms with Gasteiger partial charge in [0.15, 0.2) is 0 Å². The van der Waals surface area contributed by atoms with E-state index in [2.05, 4.69) is 6.58 Å². The van der Waals surface area contributed by atoms with Crippen molar-refractivity contribution in [3.05, 3.63) is 60.2 Å². The van der Waals surface area contributed by atoms with Gasteiger partial charge in [0.25, 0.3) is 0 Å². The molecule has 0 aromatic heterocycles. The van der Waals surface area contributed by atoms with Gasteiger partial charge in [0, 0.05) is 25.3 Å². The van der Waals surface area contributed by atoms with Crippen LogP contribution in [0.5, 0.6) is 11.5 Å². The van der Waals surface area contributed by atoms with Crippen LogP contribution in [0.1, 0.15) is 17.2 Å². The zero-order valence-corrected chi connectivity index (χ0v) is 14.5. The number of ether oxygens (including phenoxy) is 2. The van der Waals surface area contributed by atoms with Crippen molar-refractivity contribution in [1.29, 1.82) is 0 Å². The van der Waals surface area contributed by atoms with Gasteiger partial charge in [-0.25, -0.2) is 0 Å². The Morgan fingerprint density at radius 1 is 1.04 bits per heavy atom. The van der Waals surface area contributed by atoms with Gasteiger partial charge in [0.1, 0.15) is 23.7 Å². The average molecular weight is 344 g/mol. The fraction of sp³-hybridized carbons (Fsp3) is 0.300. The minimum atomic E-state index is -0.854. The maximum absolute atomic E-state index is 10.3. The summed E-state index contributed by atoms with van der Waals surface area (Å²) in [5.74, 6) is 0.0950. The number of benzene rings is 2. The Bertz CT molecular complexity index is 726. The van der Waals surface area contributed by atoms with Crippen LogP contribution in [0.2, 0.25) is 0 Å². The highest BCUT2D eigenvalue weighted by molar-refractivity contribution is 5.76. The molecular weight excluding hydrogens is 320 g/mol. The number of aliphatic hydroxyl groups excluding tert-OH is 1. The molecule has 5 nitrogen and oxygen atoms in total. The molecule has 0 spiro atoms. The van der Waals surface area contributed by atoms with E-state index >= 15 is 0 Å². The highest BCUT2D eigenvalue weighted by Gasteiger charge is 2.22. The lowest BCUT2D eigenvalue weighted by molar-refractivity contribution is -0.0483. The second-order valence-corrected chi connectivity index (χ2v) is 5.80. The molecule has 25 heavy (non-hydrogen) atoms. The van der Waals surface area contributed by atoms with Gasteiger partial charge in [0.05, 0.1) is 6.61 Å². The molecule has 3 N–H and O–H groups in total. The number of hydrogen-bond acceptors (Lipinski definition) is 5. The van der Waals surface area contributed by atoms with E-state index in [1.54, 1.807) is 24.3 Å². The first kappa shape index (κ1) is 19.0. The third-order valence-corrected chi connectivity index (χ3v) is 4.02. The Morgan fingerprint density at radius 2 is 1.68 bits per heavy atom. The second kappa shape index (κ2) is 8.67. The topological polar surface area (TPSA) is 79.2 Å². The van der Waals surface area contributed by atoms with Crippen LogP contribution in [-0.4, -0.2) is 42.3 Å². The Kier molecular flexibility index (Phi) is 6.58. The maximum atomic E-state index is 10.3. The highest BCUT2D eigenvalue weighted by atomic mass is 16.5. The van der Waals surface area contributed by atoms with Crippen molar-refractivity contribution in [3.63, 3.8) is 0 Å². The van der Waals surface area contributed by atoms with Gasteiger partial charge in [-0.15, -0.1) is 6.58 Å². The molecule has 2 aromatic rings. The Hall–Kier alpha value is -2.34. The molecule has 0 aliphatic carbocycles. The minimum absolute atomic E-state index is 0.0332. The molecule has 5 heteroatoms. The third kappa shape index (κ3) is 4.39. The van der Waals surface area contributed by atoms with Crippen LogP contribution in [0, 0.1) is 0 Å². The summed E-state index contributed by atoms with van der Waals surface area (Å²) >= 11 is 0. The summed E-state index contributed by atoms with van der Waals surface area (Å²) in [7, 11) is 3.00. The van der Waals surface area contributed by atoms with E-state index in [9.17, 15) is 15.3 Å². The Balaban J connectivity index is 2.49. The van der Waals surface area contributed by atoms with E-state index in [0.717, 1.165) is 5.56 Å². The van der Waals surface area contributed by atoms with Crippen LogP contribution in [0.4, 0.5) is 0 Å². The van der Waals surface area contributed by atoms with Crippen LogP contribution in [0.3, 0.4) is 0 Å². The van der Waals surface area contributed by atoms with Crippen molar-refractivity contribution >= 4 is 0 Å². The summed E-state index contributed by atoms with van der Waals surface area (Å²) < 4.78 is 10.4. The van der Waals surface area contributed by atoms with Crippen molar-refractivity contribution in [2.45, 2.75) is 18.6 Å². The summed E-state index contributed by atoms with van der Waals surface area (Å²) in [5.41, 5.74) is 2.62. The zero-order valence-electron chi connectivity index (χ0n) is 14.5. The van der Waals surface area contributed by atoms with Gasteiger partial charge in [-0.3, -0.25) is 0 Å². The molecule has 0 saturated carbocycles. The van der Waals surface area contributed by atoms with Gasteiger partial charge >= 0.3 is 0 Å². The molecule has 0 fully saturated rings. The molecular formula is C20H24O5. The quantitative estimate of drug-likeness (QED) is 0.641. The number of phenolic OH excluding ortho intramolecular Hbond substituents is 2. The summed E-state index contributed by atoms with van der Waals surface area (Å²) in [6.45, 7) is 3.84. The largest absolute Gasteiger partial charge is 0.507 e. The number of aromatic hydroxyl groups is 2. The molecule has 2 atom stereocenters. The molecule has 0 aliphatic rings. The SMILES string of the molecule is C=CCc1ccc(O)c(-c2cc(C(OC)C(O)COC)ccc2O)c1. The van der Waals surface area contributed by atoms with Crippen LogP contribution in [0.25, 0.3) is 11.1 Å². The lowest BCUT2D eigenvalue weighted by atomic mass is 9.95. The number of hydrogen-bond donors (Lipinski definition) is 3. The van der Waals surface area contributed by atoms with Crippen LogP contribution >= 0.6 is 0 Å². The number of allylic oxidation sites excluding steroid dienone is 1. The molecule has 0 aliphatic heterocycles. The summed E-state index contributed by atoms with van der Waals surface area (Å²) in [6.07, 6.45) is 0.959. The first-order chi connectivity index (χ1) is 12.0. The number of aliphatic hydroxyl groups is 1. The van der Waals surface area contributed by atoms with Crippen LogP contribution < -0.4 is 0 Å². The van der Waals surface area contributed by atoms with Gasteiger partial charge in [-0.05, 0) is 41.8 Å². The fourth-order valence-electron chi connectivity index (χ4n) is 2.81. The average Bonchev–Trinajstić information content (AvgIpc) is 2.59. The van der Waals surface area contributed by atoms with Gasteiger partial charge < -0.3 is 24.8 Å². The number of phenols is 2. The van der Waals surface area contributed by atoms with Crippen LogP contribution in [-0.2, 0) is 15.9 Å². The summed E-state index contributed by atoms with van der Waals surface area (Å²) in [5, 5.41) is 30.7. The molecule has 2 aromatic carbocycles. The first-order valence-corrected chi connectivity index (χ1v) is 7.97. The van der Waals surface area contributed by atoms with E-state index in [0.29, 0.717) is 23.1 Å². The van der Waals surface area contributed by atoms with Crippen molar-refractivity contribution < 1.29 is 24.8 Å². The minimum Gasteiger partial charge on any atom is -0.507 e. The van der Waals surface area contributed by atoms with Crippen molar-refractivity contribution in [3.8, 4) is 22.6 Å². The Labute approximate surface area is 147 Å². The van der Waals surface area contributed by atoms with E-state index in [1.165, 1.54) is 20.3 Å². The summed E-state index contributed by atoms with van der Waals surface area (Å²) in [6, 6.07) is 10.1. The molecule has 0 bridgehead atoms. The molecule has 0 amide bonds. The van der Waals surface area contributed by atoms with Gasteiger partial charge in [0.2, 0.25) is 0 Å². The third-order valence-electron chi connectivity index (χ3n) is 4.02. The molecule has 0 saturated heterocycles. The molecule has 2 unspecified atom stereocenters. The van der Waals surface area contributed by atoms with E-state index < -0.39 is 12.2 Å². The highest BCUT2D eigenvalue weighted by Crippen LogP contribution is 2.38. The van der Waals surface area contributed by atoms with E-state index in [4.69, 9.17) is 9.47 Å². The van der Waals surface area contributed by atoms with Gasteiger partial charge in [-0.2, -0.15) is 0 Å². The maximum Gasteiger partial charge on any atom is 0.123 e. The molecule has 0 heterocycles. The standard InChI is InChI=1S/C20H24O5/c1-4-5-13-6-8-17(21)15(10-13)16-11-14(7-9-18(16)22)20(25-3)19(23)12-24-2/h4,6-11,19-23H,1,5,12H2,2-3H3. The Morgan fingerprint density at radius 3 is 2.28 bits per heavy atom. The van der Waals surface area contributed by atoms with Crippen molar-refractivity contribution in [2.75, 3.05) is 20.8 Å². The second-order valence-electron chi connectivity index (χ2n) is 5.80. The smallest absolute Gasteiger partial charge is 0.123 e. The van der Waals surface area contributed by atoms with Crippen LogP contribution in [0.15, 0.2) is 49.1 Å². The number of methoxy groups -OCH3 is 2. The zero-order chi connectivity index (χ0) is 18.4. The number of rotatable bonds is 8. The van der Waals surface area contributed by atoms with Crippen molar-refractivity contribution in [2.24, 2.45) is 0 Å². The van der Waals surface area contributed by atoms with Crippen molar-refractivity contribution in [1.82, 2.24) is 0 Å². The first-order valence-electron chi connectivity index (χ1n) is 7.97. The molecule has 134 valence electrons. The van der Waals surface area contributed by atoms with E-state index in [1.807, 2.05) is 12.1 Å². The fourth-order valence-corrected chi connectivity index (χ4v) is 2.81. The predicted molar refractivity (Wildman–Crippen MR) is 96.7 cm³/mol. The monoisotopic (exact) mass is 344 g/mol. The summed E-state index contributed by atoms with van der Waals surface area (Å²) in [4.78, 5) is 0. The van der Waals surface area contributed by atoms with E-state index in [-0.39, 0.29) is 18.1 Å². The lowest BCUT2D eigenvalue weighted by Crippen LogP contribution is -2.25. The molecule has 0 radical (unpaired) electrons. The molecule has 2 rings (SSSR count).